The summed E-state index contributed by atoms with van der Waals surface area (Å²) in [6.07, 6.45) is 2.33. The normalized spacial score (nSPS) is 25.0. The molecule has 0 aromatic rings. The number of nitrogens with one attached hydrogen (secondary N) is 2. The van der Waals surface area contributed by atoms with Crippen LogP contribution in [-0.2, 0) is 14.4 Å². The Balaban J connectivity index is 0.00000264. The van der Waals surface area contributed by atoms with E-state index < -0.39 is 6.04 Å². The fourth-order valence-corrected chi connectivity index (χ4v) is 3.16. The molecule has 2 heterocycles. The Hall–Kier alpha value is -1.34. The van der Waals surface area contributed by atoms with Crippen LogP contribution in [0, 0.1) is 11.3 Å². The minimum absolute atomic E-state index is 0. The molecule has 2 saturated heterocycles. The van der Waals surface area contributed by atoms with Gasteiger partial charge in [0.25, 0.3) is 0 Å². The molecule has 0 bridgehead atoms. The average Bonchev–Trinajstić information content (AvgIpc) is 2.83. The molecule has 8 heteroatoms. The first kappa shape index (κ1) is 19.7. The van der Waals surface area contributed by atoms with Crippen LogP contribution in [0.5, 0.6) is 0 Å². The standard InChI is InChI=1S/C15H26N4O3.ClH/c1-10(2)13(16)14(22)17-7-12(21)19-5-3-4-15(9-19)6-11(20)18-8-15;/h10,13H,3-9,16H2,1-2H3,(H,17,22)(H,18,20);1H/t13-,15?;/m0./s1. The molecule has 2 aliphatic rings. The van der Waals surface area contributed by atoms with Gasteiger partial charge in [-0.2, -0.15) is 0 Å². The molecule has 7 nitrogen and oxygen atoms in total. The third-order valence-corrected chi connectivity index (χ3v) is 4.65. The highest BCUT2D eigenvalue weighted by Crippen LogP contribution is 2.35. The topological polar surface area (TPSA) is 105 Å². The van der Waals surface area contributed by atoms with E-state index in [1.54, 1.807) is 4.90 Å². The van der Waals surface area contributed by atoms with Crippen molar-refractivity contribution in [2.75, 3.05) is 26.2 Å². The minimum atomic E-state index is -0.600. The first-order chi connectivity index (χ1) is 10.3. The Morgan fingerprint density at radius 2 is 2.13 bits per heavy atom. The lowest BCUT2D eigenvalue weighted by molar-refractivity contribution is -0.136. The van der Waals surface area contributed by atoms with Crippen LogP contribution in [0.2, 0.25) is 0 Å². The van der Waals surface area contributed by atoms with Gasteiger partial charge in [-0.05, 0) is 18.8 Å². The van der Waals surface area contributed by atoms with Gasteiger partial charge in [0.05, 0.1) is 12.6 Å². The Kier molecular flexibility index (Phi) is 6.83. The number of rotatable bonds is 4. The molecule has 0 aromatic heterocycles. The summed E-state index contributed by atoms with van der Waals surface area (Å²) in [5.41, 5.74) is 5.63. The summed E-state index contributed by atoms with van der Waals surface area (Å²) in [5, 5.41) is 5.46. The molecule has 132 valence electrons. The van der Waals surface area contributed by atoms with E-state index in [1.807, 2.05) is 13.8 Å². The lowest BCUT2D eigenvalue weighted by Gasteiger charge is -2.39. The van der Waals surface area contributed by atoms with Gasteiger partial charge in [-0.1, -0.05) is 13.8 Å². The van der Waals surface area contributed by atoms with Crippen LogP contribution in [-0.4, -0.2) is 54.8 Å². The van der Waals surface area contributed by atoms with E-state index in [2.05, 4.69) is 10.6 Å². The summed E-state index contributed by atoms with van der Waals surface area (Å²) in [6, 6.07) is -0.600. The quantitative estimate of drug-likeness (QED) is 0.646. The highest BCUT2D eigenvalue weighted by Gasteiger charge is 2.42. The van der Waals surface area contributed by atoms with Gasteiger partial charge in [0.1, 0.15) is 0 Å². The summed E-state index contributed by atoms with van der Waals surface area (Å²) in [4.78, 5) is 37.3. The highest BCUT2D eigenvalue weighted by molar-refractivity contribution is 5.87. The zero-order valence-corrected chi connectivity index (χ0v) is 14.6. The van der Waals surface area contributed by atoms with Crippen molar-refractivity contribution >= 4 is 30.1 Å². The number of nitrogens with zero attached hydrogens (tertiary/aromatic N) is 1. The van der Waals surface area contributed by atoms with E-state index in [9.17, 15) is 14.4 Å². The molecule has 4 N–H and O–H groups in total. The van der Waals surface area contributed by atoms with Crippen LogP contribution < -0.4 is 16.4 Å². The molecule has 1 unspecified atom stereocenters. The average molecular weight is 347 g/mol. The fourth-order valence-electron chi connectivity index (χ4n) is 3.16. The van der Waals surface area contributed by atoms with Crippen molar-refractivity contribution in [1.82, 2.24) is 15.5 Å². The second-order valence-corrected chi connectivity index (χ2v) is 6.86. The number of hydrogen-bond acceptors (Lipinski definition) is 4. The molecule has 2 atom stereocenters. The maximum atomic E-state index is 12.3. The van der Waals surface area contributed by atoms with Crippen LogP contribution in [0.4, 0.5) is 0 Å². The van der Waals surface area contributed by atoms with Crippen LogP contribution in [0.25, 0.3) is 0 Å². The summed E-state index contributed by atoms with van der Waals surface area (Å²) in [5.74, 6) is -0.315. The molecule has 3 amide bonds. The lowest BCUT2D eigenvalue weighted by atomic mass is 9.79. The summed E-state index contributed by atoms with van der Waals surface area (Å²) < 4.78 is 0. The number of amides is 3. The number of piperidine rings is 1. The van der Waals surface area contributed by atoms with Gasteiger partial charge in [0, 0.05) is 31.5 Å². The summed E-state index contributed by atoms with van der Waals surface area (Å²) in [6.45, 7) is 5.60. The van der Waals surface area contributed by atoms with Crippen molar-refractivity contribution in [1.29, 1.82) is 0 Å². The highest BCUT2D eigenvalue weighted by atomic mass is 35.5. The lowest BCUT2D eigenvalue weighted by Crippen LogP contribution is -2.52. The monoisotopic (exact) mass is 346 g/mol. The van der Waals surface area contributed by atoms with Gasteiger partial charge in [0.15, 0.2) is 0 Å². The van der Waals surface area contributed by atoms with E-state index >= 15 is 0 Å². The van der Waals surface area contributed by atoms with Gasteiger partial charge >= 0.3 is 0 Å². The fraction of sp³-hybridized carbons (Fsp3) is 0.800. The number of nitrogens with two attached hydrogens (primary N) is 1. The van der Waals surface area contributed by atoms with Gasteiger partial charge in [-0.25, -0.2) is 0 Å². The molecule has 1 spiro atoms. The number of halogens is 1. The molecule has 2 fully saturated rings. The minimum Gasteiger partial charge on any atom is -0.355 e. The van der Waals surface area contributed by atoms with Crippen molar-refractivity contribution < 1.29 is 14.4 Å². The number of carbonyl (C=O) groups excluding carboxylic acids is 3. The van der Waals surface area contributed by atoms with Crippen molar-refractivity contribution in [2.24, 2.45) is 17.1 Å². The predicted molar refractivity (Wildman–Crippen MR) is 88.9 cm³/mol. The molecule has 2 rings (SSSR count). The Morgan fingerprint density at radius 3 is 2.70 bits per heavy atom. The van der Waals surface area contributed by atoms with E-state index in [-0.39, 0.29) is 48.0 Å². The second-order valence-electron chi connectivity index (χ2n) is 6.86. The SMILES string of the molecule is CC(C)[C@H](N)C(=O)NCC(=O)N1CCCC2(CNC(=O)C2)C1.Cl. The van der Waals surface area contributed by atoms with Crippen LogP contribution in [0.1, 0.15) is 33.1 Å². The zero-order chi connectivity index (χ0) is 16.3. The molecule has 2 aliphatic heterocycles. The Morgan fingerprint density at radius 1 is 1.43 bits per heavy atom. The smallest absolute Gasteiger partial charge is 0.241 e. The number of hydrogen-bond donors (Lipinski definition) is 3. The molecular weight excluding hydrogens is 320 g/mol. The van der Waals surface area contributed by atoms with E-state index in [1.165, 1.54) is 0 Å². The predicted octanol–water partition coefficient (Wildman–Crippen LogP) is -0.364. The van der Waals surface area contributed by atoms with E-state index in [4.69, 9.17) is 5.73 Å². The third kappa shape index (κ3) is 4.81. The third-order valence-electron chi connectivity index (χ3n) is 4.65. The summed E-state index contributed by atoms with van der Waals surface area (Å²) >= 11 is 0. The van der Waals surface area contributed by atoms with Gasteiger partial charge < -0.3 is 21.3 Å². The molecule has 23 heavy (non-hydrogen) atoms. The largest absolute Gasteiger partial charge is 0.355 e. The van der Waals surface area contributed by atoms with Crippen molar-refractivity contribution in [3.63, 3.8) is 0 Å². The Labute approximate surface area is 143 Å². The molecule has 0 saturated carbocycles. The van der Waals surface area contributed by atoms with Gasteiger partial charge in [-0.15, -0.1) is 12.4 Å². The number of carbonyl (C=O) groups is 3. The number of likely N-dealkylation sites (tertiary alicyclic amines) is 1. The second kappa shape index (κ2) is 7.97. The molecule has 0 radical (unpaired) electrons. The Bertz CT molecular complexity index is 472. The van der Waals surface area contributed by atoms with E-state index in [0.717, 1.165) is 12.8 Å². The van der Waals surface area contributed by atoms with Gasteiger partial charge in [-0.3, -0.25) is 14.4 Å². The maximum Gasteiger partial charge on any atom is 0.241 e. The first-order valence-electron chi connectivity index (χ1n) is 7.91. The first-order valence-corrected chi connectivity index (χ1v) is 7.91. The molecular formula is C15H27ClN4O3. The van der Waals surface area contributed by atoms with E-state index in [0.29, 0.717) is 26.1 Å². The van der Waals surface area contributed by atoms with Crippen molar-refractivity contribution in [2.45, 2.75) is 39.2 Å². The van der Waals surface area contributed by atoms with Crippen molar-refractivity contribution in [3.8, 4) is 0 Å². The van der Waals surface area contributed by atoms with Crippen LogP contribution >= 0.6 is 12.4 Å². The van der Waals surface area contributed by atoms with Crippen LogP contribution in [0.15, 0.2) is 0 Å². The van der Waals surface area contributed by atoms with Gasteiger partial charge in [0.2, 0.25) is 17.7 Å². The van der Waals surface area contributed by atoms with Crippen molar-refractivity contribution in [3.05, 3.63) is 0 Å². The maximum absolute atomic E-state index is 12.3. The summed E-state index contributed by atoms with van der Waals surface area (Å²) in [7, 11) is 0. The zero-order valence-electron chi connectivity index (χ0n) is 13.8. The molecule has 0 aromatic carbocycles. The van der Waals surface area contributed by atoms with Crippen LogP contribution in [0.3, 0.4) is 0 Å². The molecule has 0 aliphatic carbocycles.